The molecule has 0 bridgehead atoms. The minimum Gasteiger partial charge on any atom is -0.490 e. The van der Waals surface area contributed by atoms with Crippen LogP contribution in [-0.4, -0.2) is 24.9 Å². The van der Waals surface area contributed by atoms with E-state index in [0.717, 1.165) is 0 Å². The van der Waals surface area contributed by atoms with Gasteiger partial charge in [0.05, 0.1) is 6.61 Å². The quantitative estimate of drug-likeness (QED) is 0.745. The van der Waals surface area contributed by atoms with E-state index in [1.807, 2.05) is 0 Å². The van der Waals surface area contributed by atoms with Crippen molar-refractivity contribution in [3.05, 3.63) is 30.1 Å². The molecule has 1 atom stereocenters. The van der Waals surface area contributed by atoms with E-state index in [1.54, 1.807) is 18.2 Å². The van der Waals surface area contributed by atoms with E-state index in [4.69, 9.17) is 15.6 Å². The van der Waals surface area contributed by atoms with Crippen molar-refractivity contribution in [1.82, 2.24) is 0 Å². The summed E-state index contributed by atoms with van der Waals surface area (Å²) in [5, 5.41) is 8.73. The largest absolute Gasteiger partial charge is 0.490 e. The summed E-state index contributed by atoms with van der Waals surface area (Å²) < 4.78 is 18.4. The van der Waals surface area contributed by atoms with E-state index < -0.39 is 0 Å². The van der Waals surface area contributed by atoms with Crippen molar-refractivity contribution in [2.24, 2.45) is 11.7 Å². The molecule has 1 aromatic carbocycles. The molecule has 1 unspecified atom stereocenters. The molecule has 0 saturated heterocycles. The van der Waals surface area contributed by atoms with Gasteiger partial charge >= 0.3 is 0 Å². The van der Waals surface area contributed by atoms with Crippen molar-refractivity contribution in [1.29, 1.82) is 0 Å². The summed E-state index contributed by atoms with van der Waals surface area (Å²) in [6.45, 7) is 0.829. The molecular formula is C11H16FNO2. The molecule has 0 fully saturated rings. The first-order valence-electron chi connectivity index (χ1n) is 4.96. The molecule has 0 radical (unpaired) electrons. The molecule has 0 spiro atoms. The molecule has 84 valence electrons. The molecule has 15 heavy (non-hydrogen) atoms. The molecule has 0 aliphatic rings. The molecular weight excluding hydrogens is 197 g/mol. The third kappa shape index (κ3) is 3.85. The summed E-state index contributed by atoms with van der Waals surface area (Å²) in [6, 6.07) is 6.24. The fraction of sp³-hybridized carbons (Fsp3) is 0.455. The lowest BCUT2D eigenvalue weighted by Crippen LogP contribution is -2.22. The van der Waals surface area contributed by atoms with Gasteiger partial charge in [0, 0.05) is 12.5 Å². The maximum absolute atomic E-state index is 13.1. The Labute approximate surface area is 88.7 Å². The van der Waals surface area contributed by atoms with E-state index >= 15 is 0 Å². The van der Waals surface area contributed by atoms with Crippen molar-refractivity contribution in [2.45, 2.75) is 6.42 Å². The number of nitrogens with two attached hydrogens (primary N) is 1. The molecule has 0 heterocycles. The third-order valence-electron chi connectivity index (χ3n) is 2.18. The van der Waals surface area contributed by atoms with E-state index in [0.29, 0.717) is 19.6 Å². The van der Waals surface area contributed by atoms with Crippen LogP contribution in [0.1, 0.15) is 6.42 Å². The number of aliphatic hydroxyl groups excluding tert-OH is 1. The van der Waals surface area contributed by atoms with Crippen molar-refractivity contribution < 1.29 is 14.2 Å². The maximum Gasteiger partial charge on any atom is 0.165 e. The summed E-state index contributed by atoms with van der Waals surface area (Å²) in [6.07, 6.45) is 0.574. The molecule has 0 aromatic heterocycles. The van der Waals surface area contributed by atoms with Gasteiger partial charge in [-0.3, -0.25) is 0 Å². The van der Waals surface area contributed by atoms with Gasteiger partial charge in [-0.25, -0.2) is 4.39 Å². The topological polar surface area (TPSA) is 55.5 Å². The Morgan fingerprint density at radius 2 is 2.13 bits per heavy atom. The SMILES string of the molecule is NCC(CCO)COc1ccccc1F. The van der Waals surface area contributed by atoms with Crippen LogP contribution in [0.15, 0.2) is 24.3 Å². The average Bonchev–Trinajstić information content (AvgIpc) is 2.26. The normalized spacial score (nSPS) is 12.5. The van der Waals surface area contributed by atoms with Gasteiger partial charge in [0.15, 0.2) is 11.6 Å². The number of para-hydroxylation sites is 1. The van der Waals surface area contributed by atoms with Gasteiger partial charge in [-0.2, -0.15) is 0 Å². The first-order valence-corrected chi connectivity index (χ1v) is 4.96. The van der Waals surface area contributed by atoms with E-state index in [2.05, 4.69) is 0 Å². The van der Waals surface area contributed by atoms with Gasteiger partial charge in [-0.05, 0) is 25.1 Å². The van der Waals surface area contributed by atoms with Crippen LogP contribution in [0, 0.1) is 11.7 Å². The van der Waals surface area contributed by atoms with E-state index in [-0.39, 0.29) is 24.1 Å². The van der Waals surface area contributed by atoms with Crippen LogP contribution in [0.25, 0.3) is 0 Å². The van der Waals surface area contributed by atoms with Gasteiger partial charge < -0.3 is 15.6 Å². The van der Waals surface area contributed by atoms with Crippen LogP contribution in [0.5, 0.6) is 5.75 Å². The van der Waals surface area contributed by atoms with Crippen LogP contribution in [0.4, 0.5) is 4.39 Å². The highest BCUT2D eigenvalue weighted by Crippen LogP contribution is 2.16. The molecule has 0 saturated carbocycles. The first-order chi connectivity index (χ1) is 7.27. The highest BCUT2D eigenvalue weighted by molar-refractivity contribution is 5.23. The first kappa shape index (κ1) is 11.9. The standard InChI is InChI=1S/C11H16FNO2/c12-10-3-1-2-4-11(10)15-8-9(7-13)5-6-14/h1-4,9,14H,5-8,13H2. The number of aliphatic hydroxyl groups is 1. The van der Waals surface area contributed by atoms with Crippen LogP contribution >= 0.6 is 0 Å². The number of hydrogen-bond acceptors (Lipinski definition) is 3. The monoisotopic (exact) mass is 213 g/mol. The lowest BCUT2D eigenvalue weighted by molar-refractivity contribution is 0.197. The van der Waals surface area contributed by atoms with E-state index in [1.165, 1.54) is 6.07 Å². The summed E-state index contributed by atoms with van der Waals surface area (Å²) in [5.41, 5.74) is 5.48. The summed E-state index contributed by atoms with van der Waals surface area (Å²) in [5.74, 6) is -0.0826. The molecule has 0 aliphatic carbocycles. The molecule has 0 aliphatic heterocycles. The maximum atomic E-state index is 13.1. The Hall–Kier alpha value is -1.13. The van der Waals surface area contributed by atoms with Gasteiger partial charge in [0.25, 0.3) is 0 Å². The fourth-order valence-corrected chi connectivity index (χ4v) is 1.22. The van der Waals surface area contributed by atoms with Crippen molar-refractivity contribution in [3.63, 3.8) is 0 Å². The Balaban J connectivity index is 2.45. The van der Waals surface area contributed by atoms with Crippen molar-refractivity contribution in [2.75, 3.05) is 19.8 Å². The fourth-order valence-electron chi connectivity index (χ4n) is 1.22. The zero-order chi connectivity index (χ0) is 11.1. The smallest absolute Gasteiger partial charge is 0.165 e. The Bertz CT molecular complexity index is 294. The molecule has 3 N–H and O–H groups in total. The third-order valence-corrected chi connectivity index (χ3v) is 2.18. The van der Waals surface area contributed by atoms with E-state index in [9.17, 15) is 4.39 Å². The van der Waals surface area contributed by atoms with Gasteiger partial charge in [0.2, 0.25) is 0 Å². The Morgan fingerprint density at radius 3 is 2.73 bits per heavy atom. The summed E-state index contributed by atoms with van der Waals surface area (Å²) in [7, 11) is 0. The Kier molecular flexibility index (Phi) is 5.07. The predicted octanol–water partition coefficient (Wildman–Crippen LogP) is 1.16. The number of halogens is 1. The van der Waals surface area contributed by atoms with Crippen LogP contribution in [-0.2, 0) is 0 Å². The second-order valence-electron chi connectivity index (χ2n) is 3.36. The number of ether oxygens (including phenoxy) is 1. The highest BCUT2D eigenvalue weighted by atomic mass is 19.1. The van der Waals surface area contributed by atoms with Gasteiger partial charge in [-0.1, -0.05) is 12.1 Å². The highest BCUT2D eigenvalue weighted by Gasteiger charge is 2.08. The van der Waals surface area contributed by atoms with Gasteiger partial charge in [-0.15, -0.1) is 0 Å². The molecule has 1 rings (SSSR count). The number of rotatable bonds is 6. The number of hydrogen-bond donors (Lipinski definition) is 2. The lowest BCUT2D eigenvalue weighted by atomic mass is 10.1. The summed E-state index contributed by atoms with van der Waals surface area (Å²) >= 11 is 0. The zero-order valence-corrected chi connectivity index (χ0v) is 8.53. The molecule has 1 aromatic rings. The number of benzene rings is 1. The second kappa shape index (κ2) is 6.37. The van der Waals surface area contributed by atoms with Crippen molar-refractivity contribution >= 4 is 0 Å². The molecule has 0 amide bonds. The molecule has 3 nitrogen and oxygen atoms in total. The minimum atomic E-state index is -0.378. The van der Waals surface area contributed by atoms with Crippen LogP contribution in [0.3, 0.4) is 0 Å². The average molecular weight is 213 g/mol. The van der Waals surface area contributed by atoms with Crippen molar-refractivity contribution in [3.8, 4) is 5.75 Å². The van der Waals surface area contributed by atoms with Gasteiger partial charge in [0.1, 0.15) is 0 Å². The lowest BCUT2D eigenvalue weighted by Gasteiger charge is -2.14. The zero-order valence-electron chi connectivity index (χ0n) is 8.53. The summed E-state index contributed by atoms with van der Waals surface area (Å²) in [4.78, 5) is 0. The predicted molar refractivity (Wildman–Crippen MR) is 56.1 cm³/mol. The Morgan fingerprint density at radius 1 is 1.40 bits per heavy atom. The minimum absolute atomic E-state index is 0.0645. The molecule has 4 heteroatoms. The van der Waals surface area contributed by atoms with Crippen LogP contribution in [0.2, 0.25) is 0 Å². The second-order valence-corrected chi connectivity index (χ2v) is 3.36. The van der Waals surface area contributed by atoms with Crippen LogP contribution < -0.4 is 10.5 Å².